The number of nitrogens with zero attached hydrogens (tertiary/aromatic N) is 1. The average molecular weight is 552 g/mol. The van der Waals surface area contributed by atoms with Crippen LogP contribution in [0.2, 0.25) is 0 Å². The Labute approximate surface area is 241 Å². The van der Waals surface area contributed by atoms with Crippen LogP contribution in [0.5, 0.6) is 0 Å². The van der Waals surface area contributed by atoms with Gasteiger partial charge in [-0.25, -0.2) is 4.79 Å². The van der Waals surface area contributed by atoms with Crippen LogP contribution in [0, 0.1) is 12.8 Å². The van der Waals surface area contributed by atoms with Gasteiger partial charge in [0.1, 0.15) is 17.7 Å². The van der Waals surface area contributed by atoms with Gasteiger partial charge in [-0.1, -0.05) is 89.4 Å². The molecule has 0 bridgehead atoms. The van der Waals surface area contributed by atoms with E-state index in [4.69, 9.17) is 4.74 Å². The number of alkyl carbamates (subject to hydrolysis) is 1. The Morgan fingerprint density at radius 2 is 1.60 bits per heavy atom. The number of nitrogens with one attached hydrogen (secondary N) is 2. The second kappa shape index (κ2) is 15.4. The largest absolute Gasteiger partial charge is 0.444 e. The van der Waals surface area contributed by atoms with Crippen molar-refractivity contribution >= 4 is 23.6 Å². The lowest BCUT2D eigenvalue weighted by Gasteiger charge is -2.36. The predicted molar refractivity (Wildman–Crippen MR) is 162 cm³/mol. The van der Waals surface area contributed by atoms with Crippen LogP contribution in [0.1, 0.15) is 96.9 Å². The molecule has 0 aromatic heterocycles. The lowest BCUT2D eigenvalue weighted by molar-refractivity contribution is -0.142. The quantitative estimate of drug-likeness (QED) is 0.258. The van der Waals surface area contributed by atoms with Crippen LogP contribution in [0.4, 0.5) is 10.5 Å². The molecule has 0 aliphatic heterocycles. The Bertz CT molecular complexity index is 1110. The molecule has 220 valence electrons. The summed E-state index contributed by atoms with van der Waals surface area (Å²) in [5.74, 6) is -0.749. The monoisotopic (exact) mass is 551 g/mol. The molecule has 7 heteroatoms. The minimum Gasteiger partial charge on any atom is -0.444 e. The van der Waals surface area contributed by atoms with Gasteiger partial charge in [-0.2, -0.15) is 0 Å². The zero-order valence-corrected chi connectivity index (χ0v) is 25.7. The molecule has 2 aromatic carbocycles. The number of anilines is 1. The van der Waals surface area contributed by atoms with E-state index in [0.717, 1.165) is 42.4 Å². The fourth-order valence-electron chi connectivity index (χ4n) is 4.52. The van der Waals surface area contributed by atoms with E-state index in [9.17, 15) is 14.4 Å². The zero-order valence-electron chi connectivity index (χ0n) is 25.7. The number of aryl methyl sites for hydroxylation is 2. The molecule has 0 saturated carbocycles. The van der Waals surface area contributed by atoms with Gasteiger partial charge in [-0.3, -0.25) is 9.59 Å². The predicted octanol–water partition coefficient (Wildman–Crippen LogP) is 7.20. The third-order valence-corrected chi connectivity index (χ3v) is 7.10. The second-order valence-electron chi connectivity index (χ2n) is 11.6. The Morgan fingerprint density at radius 3 is 2.15 bits per heavy atom. The van der Waals surface area contributed by atoms with Crippen molar-refractivity contribution in [1.82, 2.24) is 10.2 Å². The summed E-state index contributed by atoms with van der Waals surface area (Å²) in [5, 5.41) is 5.91. The van der Waals surface area contributed by atoms with Gasteiger partial charge in [0.15, 0.2) is 0 Å². The molecule has 0 saturated heterocycles. The summed E-state index contributed by atoms with van der Waals surface area (Å²) in [6, 6.07) is 13.8. The summed E-state index contributed by atoms with van der Waals surface area (Å²) >= 11 is 0. The van der Waals surface area contributed by atoms with E-state index in [0.29, 0.717) is 18.7 Å². The molecule has 0 heterocycles. The molecular formula is C33H49N3O4. The number of amides is 3. The Balaban J connectivity index is 2.57. The highest BCUT2D eigenvalue weighted by molar-refractivity contribution is 5.99. The second-order valence-corrected chi connectivity index (χ2v) is 11.6. The number of para-hydroxylation sites is 1. The van der Waals surface area contributed by atoms with Gasteiger partial charge >= 0.3 is 6.09 Å². The van der Waals surface area contributed by atoms with Gasteiger partial charge in [-0.05, 0) is 69.2 Å². The van der Waals surface area contributed by atoms with Gasteiger partial charge in [0.25, 0.3) is 5.91 Å². The summed E-state index contributed by atoms with van der Waals surface area (Å²) < 4.78 is 5.50. The number of hydrogen-bond acceptors (Lipinski definition) is 4. The highest BCUT2D eigenvalue weighted by Crippen LogP contribution is 2.28. The van der Waals surface area contributed by atoms with Gasteiger partial charge in [0, 0.05) is 12.2 Å². The van der Waals surface area contributed by atoms with E-state index in [2.05, 4.69) is 24.5 Å². The van der Waals surface area contributed by atoms with E-state index in [1.165, 1.54) is 0 Å². The number of carbonyl (C=O) groups is 3. The molecule has 0 fully saturated rings. The van der Waals surface area contributed by atoms with Gasteiger partial charge in [0.05, 0.1) is 0 Å². The fraction of sp³-hybridized carbons (Fsp3) is 0.545. The molecule has 0 spiro atoms. The first-order valence-electron chi connectivity index (χ1n) is 14.7. The van der Waals surface area contributed by atoms with Crippen molar-refractivity contribution < 1.29 is 19.1 Å². The zero-order chi connectivity index (χ0) is 29.9. The smallest absolute Gasteiger partial charge is 0.408 e. The Morgan fingerprint density at radius 1 is 0.950 bits per heavy atom. The Kier molecular flexibility index (Phi) is 12.7. The summed E-state index contributed by atoms with van der Waals surface area (Å²) in [6.45, 7) is 15.8. The van der Waals surface area contributed by atoms with Crippen LogP contribution in [0.15, 0.2) is 48.5 Å². The molecule has 7 nitrogen and oxygen atoms in total. The lowest BCUT2D eigenvalue weighted by atomic mass is 9.95. The van der Waals surface area contributed by atoms with Crippen molar-refractivity contribution in [1.29, 1.82) is 0 Å². The van der Waals surface area contributed by atoms with Crippen molar-refractivity contribution in [3.8, 4) is 0 Å². The maximum atomic E-state index is 14.4. The van der Waals surface area contributed by atoms with Crippen LogP contribution >= 0.6 is 0 Å². The first kappa shape index (κ1) is 32.9. The van der Waals surface area contributed by atoms with E-state index >= 15 is 0 Å². The van der Waals surface area contributed by atoms with Crippen LogP contribution in [-0.2, 0) is 20.7 Å². The highest BCUT2D eigenvalue weighted by atomic mass is 16.6. The maximum absolute atomic E-state index is 14.4. The first-order valence-corrected chi connectivity index (χ1v) is 14.7. The number of ether oxygens (including phenoxy) is 1. The van der Waals surface area contributed by atoms with Crippen molar-refractivity contribution in [2.75, 3.05) is 11.9 Å². The van der Waals surface area contributed by atoms with Gasteiger partial charge in [-0.15, -0.1) is 0 Å². The first-order chi connectivity index (χ1) is 18.9. The number of carbonyl (C=O) groups excluding carboxylic acids is 3. The molecule has 2 aromatic rings. The Hall–Kier alpha value is -3.35. The fourth-order valence-corrected chi connectivity index (χ4v) is 4.52. The maximum Gasteiger partial charge on any atom is 0.408 e. The normalized spacial score (nSPS) is 13.6. The summed E-state index contributed by atoms with van der Waals surface area (Å²) in [4.78, 5) is 42.9. The molecule has 3 unspecified atom stereocenters. The van der Waals surface area contributed by atoms with Gasteiger partial charge < -0.3 is 20.3 Å². The molecule has 2 N–H and O–H groups in total. The standard InChI is InChI=1S/C33H49N3O4/c1-9-12-15-22-36(31(38)28(23(4)10-2)35-32(39)40-33(6,7)8)29(26-20-18-25(11-3)19-21-26)30(37)34-27-17-14-13-16-24(27)5/h13-14,16-21,23,28-29H,9-12,15,22H2,1-8H3,(H,34,37)(H,35,39). The molecular weight excluding hydrogens is 502 g/mol. The topological polar surface area (TPSA) is 87.7 Å². The number of rotatable bonds is 13. The average Bonchev–Trinajstić information content (AvgIpc) is 2.91. The number of hydrogen-bond donors (Lipinski definition) is 2. The minimum atomic E-state index is -0.873. The summed E-state index contributed by atoms with van der Waals surface area (Å²) in [6.07, 6.45) is 3.52. The molecule has 2 rings (SSSR count). The van der Waals surface area contributed by atoms with Gasteiger partial charge in [0.2, 0.25) is 5.91 Å². The minimum absolute atomic E-state index is 0.170. The molecule has 3 amide bonds. The molecule has 0 aliphatic carbocycles. The SMILES string of the molecule is CCCCCN(C(=O)C(NC(=O)OC(C)(C)C)C(C)CC)C(C(=O)Nc1ccccc1C)c1ccc(CC)cc1. The van der Waals surface area contributed by atoms with E-state index in [-0.39, 0.29) is 17.7 Å². The molecule has 3 atom stereocenters. The lowest BCUT2D eigenvalue weighted by Crippen LogP contribution is -2.55. The molecule has 0 aliphatic rings. The van der Waals surface area contributed by atoms with Crippen molar-refractivity contribution in [3.05, 3.63) is 65.2 Å². The number of unbranched alkanes of at least 4 members (excludes halogenated alkanes) is 2. The number of benzene rings is 2. The van der Waals surface area contributed by atoms with Crippen molar-refractivity contribution in [2.24, 2.45) is 5.92 Å². The van der Waals surface area contributed by atoms with Crippen molar-refractivity contribution in [2.45, 2.75) is 105 Å². The molecule has 40 heavy (non-hydrogen) atoms. The van der Waals surface area contributed by atoms with E-state index < -0.39 is 23.8 Å². The highest BCUT2D eigenvalue weighted by Gasteiger charge is 2.38. The van der Waals surface area contributed by atoms with Crippen LogP contribution in [0.25, 0.3) is 0 Å². The van der Waals surface area contributed by atoms with E-state index in [1.807, 2.05) is 69.3 Å². The third-order valence-electron chi connectivity index (χ3n) is 7.10. The van der Waals surface area contributed by atoms with Crippen LogP contribution in [-0.4, -0.2) is 41.0 Å². The van der Waals surface area contributed by atoms with E-state index in [1.54, 1.807) is 25.7 Å². The van der Waals surface area contributed by atoms with Crippen LogP contribution in [0.3, 0.4) is 0 Å². The van der Waals surface area contributed by atoms with Crippen molar-refractivity contribution in [3.63, 3.8) is 0 Å². The summed E-state index contributed by atoms with van der Waals surface area (Å²) in [7, 11) is 0. The summed E-state index contributed by atoms with van der Waals surface area (Å²) in [5.41, 5.74) is 2.81. The van der Waals surface area contributed by atoms with Crippen LogP contribution < -0.4 is 10.6 Å². The molecule has 0 radical (unpaired) electrons. The third kappa shape index (κ3) is 9.68.